The minimum absolute atomic E-state index is 0.000225. The van der Waals surface area contributed by atoms with Crippen LogP contribution >= 0.6 is 0 Å². The summed E-state index contributed by atoms with van der Waals surface area (Å²) in [5, 5.41) is 9.14. The Bertz CT molecular complexity index is 567. The van der Waals surface area contributed by atoms with Gasteiger partial charge < -0.3 is 5.11 Å². The Morgan fingerprint density at radius 2 is 2.11 bits per heavy atom. The molecule has 0 saturated heterocycles. The van der Waals surface area contributed by atoms with Gasteiger partial charge in [0.05, 0.1) is 11.5 Å². The van der Waals surface area contributed by atoms with Gasteiger partial charge in [-0.1, -0.05) is 19.4 Å². The molecule has 0 atom stereocenters. The molecule has 1 saturated carbocycles. The zero-order valence-corrected chi connectivity index (χ0v) is 11.6. The molecule has 6 heteroatoms. The first-order chi connectivity index (χ1) is 8.86. The monoisotopic (exact) mass is 287 g/mol. The molecule has 0 heterocycles. The van der Waals surface area contributed by atoms with Gasteiger partial charge in [-0.2, -0.15) is 0 Å². The number of halogens is 1. The van der Waals surface area contributed by atoms with Crippen molar-refractivity contribution in [2.24, 2.45) is 5.41 Å². The Labute approximate surface area is 112 Å². The van der Waals surface area contributed by atoms with Crippen molar-refractivity contribution in [3.8, 4) is 0 Å². The number of nitrogens with one attached hydrogen (secondary N) is 1. The van der Waals surface area contributed by atoms with Crippen molar-refractivity contribution in [1.82, 2.24) is 4.72 Å². The van der Waals surface area contributed by atoms with Crippen LogP contribution in [-0.2, 0) is 16.6 Å². The van der Waals surface area contributed by atoms with Gasteiger partial charge in [-0.25, -0.2) is 17.5 Å². The van der Waals surface area contributed by atoms with Gasteiger partial charge in [0, 0.05) is 6.54 Å². The Hall–Kier alpha value is -0.980. The summed E-state index contributed by atoms with van der Waals surface area (Å²) in [4.78, 5) is -0.182. The van der Waals surface area contributed by atoms with Crippen LogP contribution in [0.3, 0.4) is 0 Å². The second-order valence-electron chi connectivity index (χ2n) is 5.40. The Kier molecular flexibility index (Phi) is 3.94. The smallest absolute Gasteiger partial charge is 0.241 e. The number of rotatable bonds is 5. The molecule has 106 valence electrons. The van der Waals surface area contributed by atoms with Gasteiger partial charge in [0.1, 0.15) is 5.82 Å². The van der Waals surface area contributed by atoms with Crippen molar-refractivity contribution < 1.29 is 17.9 Å². The lowest BCUT2D eigenvalue weighted by Crippen LogP contribution is -2.40. The van der Waals surface area contributed by atoms with Gasteiger partial charge >= 0.3 is 0 Å². The minimum Gasteiger partial charge on any atom is -0.392 e. The molecule has 0 spiro atoms. The average molecular weight is 287 g/mol. The summed E-state index contributed by atoms with van der Waals surface area (Å²) in [6.07, 6.45) is 3.09. The highest BCUT2D eigenvalue weighted by molar-refractivity contribution is 7.89. The molecule has 0 amide bonds. The molecule has 1 fully saturated rings. The molecule has 2 N–H and O–H groups in total. The molecule has 4 nitrogen and oxygen atoms in total. The van der Waals surface area contributed by atoms with Gasteiger partial charge in [0.15, 0.2) is 0 Å². The molecule has 1 aromatic carbocycles. The van der Waals surface area contributed by atoms with E-state index in [9.17, 15) is 12.8 Å². The van der Waals surface area contributed by atoms with E-state index < -0.39 is 22.4 Å². The topological polar surface area (TPSA) is 66.4 Å². The van der Waals surface area contributed by atoms with E-state index in [0.29, 0.717) is 6.54 Å². The third-order valence-electron chi connectivity index (χ3n) is 3.74. The highest BCUT2D eigenvalue weighted by Gasteiger charge is 2.33. The number of hydrogen-bond donors (Lipinski definition) is 2. The minimum atomic E-state index is -3.78. The van der Waals surface area contributed by atoms with Crippen molar-refractivity contribution >= 4 is 10.0 Å². The SMILES string of the molecule is CC1(CNS(=O)(=O)c2cc(F)ccc2CO)CCC1. The van der Waals surface area contributed by atoms with Crippen molar-refractivity contribution in [1.29, 1.82) is 0 Å². The van der Waals surface area contributed by atoms with Gasteiger partial charge in [-0.05, 0) is 36.0 Å². The van der Waals surface area contributed by atoms with E-state index in [1.54, 1.807) is 0 Å². The first-order valence-corrected chi connectivity index (χ1v) is 7.74. The van der Waals surface area contributed by atoms with E-state index in [0.717, 1.165) is 31.4 Å². The molecule has 0 aromatic heterocycles. The van der Waals surface area contributed by atoms with Crippen molar-refractivity contribution in [3.63, 3.8) is 0 Å². The molecule has 2 rings (SSSR count). The molecule has 0 radical (unpaired) electrons. The molecule has 1 aromatic rings. The summed E-state index contributed by atoms with van der Waals surface area (Å²) in [5.41, 5.74) is 0.201. The second kappa shape index (κ2) is 5.19. The highest BCUT2D eigenvalue weighted by Crippen LogP contribution is 2.39. The van der Waals surface area contributed by atoms with Crippen LogP contribution in [0.25, 0.3) is 0 Å². The molecule has 1 aliphatic carbocycles. The normalized spacial score (nSPS) is 18.1. The number of hydrogen-bond acceptors (Lipinski definition) is 3. The van der Waals surface area contributed by atoms with E-state index in [-0.39, 0.29) is 15.9 Å². The van der Waals surface area contributed by atoms with E-state index >= 15 is 0 Å². The third-order valence-corrected chi connectivity index (χ3v) is 5.22. The summed E-state index contributed by atoms with van der Waals surface area (Å²) in [5.74, 6) is -0.632. The maximum absolute atomic E-state index is 13.2. The molecule has 1 aliphatic rings. The Morgan fingerprint density at radius 1 is 1.42 bits per heavy atom. The summed E-state index contributed by atoms with van der Waals surface area (Å²) in [6, 6.07) is 3.36. The van der Waals surface area contributed by atoms with E-state index in [1.165, 1.54) is 6.07 Å². The Balaban J connectivity index is 2.21. The highest BCUT2D eigenvalue weighted by atomic mass is 32.2. The van der Waals surface area contributed by atoms with Crippen LogP contribution in [0.1, 0.15) is 31.7 Å². The molecular formula is C13H18FNO3S. The van der Waals surface area contributed by atoms with E-state index in [1.807, 2.05) is 6.92 Å². The Morgan fingerprint density at radius 3 is 2.63 bits per heavy atom. The quantitative estimate of drug-likeness (QED) is 0.867. The maximum atomic E-state index is 13.2. The molecule has 0 unspecified atom stereocenters. The van der Waals surface area contributed by atoms with Crippen LogP contribution in [-0.4, -0.2) is 20.1 Å². The van der Waals surface area contributed by atoms with Crippen molar-refractivity contribution in [2.75, 3.05) is 6.54 Å². The lowest BCUT2D eigenvalue weighted by atomic mass is 9.71. The van der Waals surface area contributed by atoms with Crippen LogP contribution in [0, 0.1) is 11.2 Å². The lowest BCUT2D eigenvalue weighted by Gasteiger charge is -2.38. The molecule has 0 bridgehead atoms. The van der Waals surface area contributed by atoms with E-state index in [2.05, 4.69) is 4.72 Å². The summed E-state index contributed by atoms with van der Waals surface area (Å²) in [7, 11) is -3.78. The summed E-state index contributed by atoms with van der Waals surface area (Å²) >= 11 is 0. The third kappa shape index (κ3) is 3.13. The van der Waals surface area contributed by atoms with Gasteiger partial charge in [-0.15, -0.1) is 0 Å². The standard InChI is InChI=1S/C13H18FNO3S/c1-13(5-2-6-13)9-15-19(17,18)12-7-11(14)4-3-10(12)8-16/h3-4,7,15-16H,2,5-6,8-9H2,1H3. The lowest BCUT2D eigenvalue weighted by molar-refractivity contribution is 0.166. The van der Waals surface area contributed by atoms with Crippen LogP contribution < -0.4 is 4.72 Å². The van der Waals surface area contributed by atoms with Gasteiger partial charge in [0.25, 0.3) is 0 Å². The van der Waals surface area contributed by atoms with Crippen molar-refractivity contribution in [2.45, 2.75) is 37.7 Å². The summed E-state index contributed by atoms with van der Waals surface area (Å²) < 4.78 is 40.0. The first-order valence-electron chi connectivity index (χ1n) is 6.25. The van der Waals surface area contributed by atoms with E-state index in [4.69, 9.17) is 5.11 Å². The molecular weight excluding hydrogens is 269 g/mol. The van der Waals surface area contributed by atoms with Gasteiger partial charge in [0.2, 0.25) is 10.0 Å². The molecule has 19 heavy (non-hydrogen) atoms. The largest absolute Gasteiger partial charge is 0.392 e. The predicted molar refractivity (Wildman–Crippen MR) is 69.5 cm³/mol. The van der Waals surface area contributed by atoms with Crippen LogP contribution in [0.2, 0.25) is 0 Å². The fraction of sp³-hybridized carbons (Fsp3) is 0.538. The number of aliphatic hydroxyl groups is 1. The predicted octanol–water partition coefficient (Wildman–Crippen LogP) is 1.79. The zero-order valence-electron chi connectivity index (χ0n) is 10.8. The van der Waals surface area contributed by atoms with Crippen LogP contribution in [0.5, 0.6) is 0 Å². The summed E-state index contributed by atoms with van der Waals surface area (Å²) in [6.45, 7) is 1.93. The van der Waals surface area contributed by atoms with Gasteiger partial charge in [-0.3, -0.25) is 0 Å². The van der Waals surface area contributed by atoms with Crippen LogP contribution in [0.4, 0.5) is 4.39 Å². The zero-order chi connectivity index (χ0) is 14.1. The van der Waals surface area contributed by atoms with Crippen molar-refractivity contribution in [3.05, 3.63) is 29.6 Å². The number of benzene rings is 1. The average Bonchev–Trinajstić information content (AvgIpc) is 2.34. The fourth-order valence-electron chi connectivity index (χ4n) is 2.21. The number of aliphatic hydroxyl groups excluding tert-OH is 1. The first kappa shape index (κ1) is 14.4. The van der Waals surface area contributed by atoms with Crippen LogP contribution in [0.15, 0.2) is 23.1 Å². The maximum Gasteiger partial charge on any atom is 0.241 e. The second-order valence-corrected chi connectivity index (χ2v) is 7.13. The number of sulfonamides is 1. The molecule has 0 aliphatic heterocycles. The fourth-order valence-corrected chi connectivity index (χ4v) is 3.65.